The van der Waals surface area contributed by atoms with E-state index in [9.17, 15) is 14.0 Å². The number of aromatic nitrogens is 1. The van der Waals surface area contributed by atoms with Crippen molar-refractivity contribution in [2.45, 2.75) is 6.42 Å². The highest BCUT2D eigenvalue weighted by molar-refractivity contribution is 5.76. The van der Waals surface area contributed by atoms with Crippen LogP contribution < -0.4 is 11.2 Å². The number of amides is 1. The maximum Gasteiger partial charge on any atom is 0.223 e. The van der Waals surface area contributed by atoms with E-state index < -0.39 is 17.2 Å². The number of hydrogen-bond donors (Lipinski definition) is 2. The van der Waals surface area contributed by atoms with Crippen molar-refractivity contribution in [1.29, 1.82) is 0 Å². The van der Waals surface area contributed by atoms with Crippen LogP contribution in [0.15, 0.2) is 17.1 Å². The number of H-pyrrole nitrogens is 1. The van der Waals surface area contributed by atoms with Gasteiger partial charge in [-0.05, 0) is 0 Å². The van der Waals surface area contributed by atoms with Crippen LogP contribution in [0.4, 0.5) is 4.39 Å². The van der Waals surface area contributed by atoms with Crippen LogP contribution in [0.5, 0.6) is 0 Å². The predicted molar refractivity (Wildman–Crippen MR) is 39.9 cm³/mol. The zero-order chi connectivity index (χ0) is 9.14. The third kappa shape index (κ3) is 1.69. The number of carbonyl (C=O) groups excluding carboxylic acids is 1. The Kier molecular flexibility index (Phi) is 2.23. The number of hydrogen-bond acceptors (Lipinski definition) is 2. The Bertz CT molecular complexity index is 359. The van der Waals surface area contributed by atoms with E-state index in [-0.39, 0.29) is 12.1 Å². The summed E-state index contributed by atoms with van der Waals surface area (Å²) in [5, 5.41) is 0. The lowest BCUT2D eigenvalue weighted by atomic mass is 10.2. The third-order valence-electron chi connectivity index (χ3n) is 1.32. The highest BCUT2D eigenvalue weighted by Gasteiger charge is 2.07. The molecule has 0 spiro atoms. The van der Waals surface area contributed by atoms with Gasteiger partial charge in [0.2, 0.25) is 11.3 Å². The molecule has 1 heterocycles. The molecule has 64 valence electrons. The van der Waals surface area contributed by atoms with Gasteiger partial charge in [0.25, 0.3) is 0 Å². The van der Waals surface area contributed by atoms with Crippen molar-refractivity contribution in [2.24, 2.45) is 5.73 Å². The molecule has 1 amide bonds. The molecular formula is C7H7FN2O2. The summed E-state index contributed by atoms with van der Waals surface area (Å²) in [6, 6.07) is 1.04. The fourth-order valence-electron chi connectivity index (χ4n) is 0.806. The molecule has 0 atom stereocenters. The van der Waals surface area contributed by atoms with Crippen molar-refractivity contribution in [3.05, 3.63) is 34.0 Å². The van der Waals surface area contributed by atoms with Crippen LogP contribution in [0, 0.1) is 5.82 Å². The lowest BCUT2D eigenvalue weighted by molar-refractivity contribution is -0.117. The molecule has 0 radical (unpaired) electrons. The SMILES string of the molecule is NC(=O)Cc1[nH]ccc(=O)c1F. The van der Waals surface area contributed by atoms with Gasteiger partial charge in [0.1, 0.15) is 0 Å². The second-order valence-corrected chi connectivity index (χ2v) is 2.28. The summed E-state index contributed by atoms with van der Waals surface area (Å²) in [6.07, 6.45) is 0.978. The summed E-state index contributed by atoms with van der Waals surface area (Å²) in [6.45, 7) is 0. The number of nitrogens with one attached hydrogen (secondary N) is 1. The lowest BCUT2D eigenvalue weighted by Gasteiger charge is -1.97. The van der Waals surface area contributed by atoms with Crippen LogP contribution in [0.25, 0.3) is 0 Å². The Hall–Kier alpha value is -1.65. The summed E-state index contributed by atoms with van der Waals surface area (Å²) in [5.41, 5.74) is 4.00. The van der Waals surface area contributed by atoms with Crippen molar-refractivity contribution in [3.8, 4) is 0 Å². The maximum atomic E-state index is 12.8. The highest BCUT2D eigenvalue weighted by atomic mass is 19.1. The van der Waals surface area contributed by atoms with E-state index in [0.717, 1.165) is 6.07 Å². The van der Waals surface area contributed by atoms with Gasteiger partial charge in [0.15, 0.2) is 5.82 Å². The second-order valence-electron chi connectivity index (χ2n) is 2.28. The van der Waals surface area contributed by atoms with Gasteiger partial charge in [0, 0.05) is 12.3 Å². The van der Waals surface area contributed by atoms with Gasteiger partial charge in [-0.15, -0.1) is 0 Å². The van der Waals surface area contributed by atoms with E-state index in [0.29, 0.717) is 0 Å². The van der Waals surface area contributed by atoms with Gasteiger partial charge in [-0.1, -0.05) is 0 Å². The van der Waals surface area contributed by atoms with Gasteiger partial charge >= 0.3 is 0 Å². The Morgan fingerprint density at radius 2 is 2.33 bits per heavy atom. The van der Waals surface area contributed by atoms with E-state index in [4.69, 9.17) is 5.73 Å². The number of pyridine rings is 1. The Labute approximate surface area is 67.2 Å². The Morgan fingerprint density at radius 3 is 2.92 bits per heavy atom. The van der Waals surface area contributed by atoms with Crippen LogP contribution >= 0.6 is 0 Å². The zero-order valence-corrected chi connectivity index (χ0v) is 6.13. The molecular weight excluding hydrogens is 163 g/mol. The van der Waals surface area contributed by atoms with E-state index in [1.807, 2.05) is 0 Å². The van der Waals surface area contributed by atoms with Gasteiger partial charge in [-0.3, -0.25) is 9.59 Å². The summed E-state index contributed by atoms with van der Waals surface area (Å²) < 4.78 is 12.8. The zero-order valence-electron chi connectivity index (χ0n) is 6.13. The number of nitrogens with two attached hydrogens (primary N) is 1. The third-order valence-corrected chi connectivity index (χ3v) is 1.32. The quantitative estimate of drug-likeness (QED) is 0.630. The molecule has 1 rings (SSSR count). The van der Waals surface area contributed by atoms with Gasteiger partial charge in [-0.25, -0.2) is 4.39 Å². The molecule has 1 aromatic rings. The molecule has 1 aromatic heterocycles. The summed E-state index contributed by atoms with van der Waals surface area (Å²) >= 11 is 0. The first-order chi connectivity index (χ1) is 5.61. The Balaban J connectivity index is 3.08. The van der Waals surface area contributed by atoms with Crippen molar-refractivity contribution >= 4 is 5.91 Å². The molecule has 12 heavy (non-hydrogen) atoms. The van der Waals surface area contributed by atoms with Crippen molar-refractivity contribution in [2.75, 3.05) is 0 Å². The molecule has 0 aliphatic heterocycles. The first-order valence-electron chi connectivity index (χ1n) is 3.25. The van der Waals surface area contributed by atoms with Crippen LogP contribution in [0.1, 0.15) is 5.69 Å². The normalized spacial score (nSPS) is 9.75. The molecule has 0 saturated heterocycles. The van der Waals surface area contributed by atoms with Crippen molar-refractivity contribution < 1.29 is 9.18 Å². The number of rotatable bonds is 2. The standard InChI is InChI=1S/C7H7FN2O2/c8-7-4(3-6(9)12)10-2-1-5(7)11/h1-2H,3H2,(H2,9,12)(H,10,11). The predicted octanol–water partition coefficient (Wildman–Crippen LogP) is -0.458. The first-order valence-corrected chi connectivity index (χ1v) is 3.25. The summed E-state index contributed by atoms with van der Waals surface area (Å²) in [5.74, 6) is -1.63. The molecule has 4 nitrogen and oxygen atoms in total. The van der Waals surface area contributed by atoms with E-state index in [1.54, 1.807) is 0 Å². The average Bonchev–Trinajstić information content (AvgIpc) is 1.98. The average molecular weight is 170 g/mol. The minimum atomic E-state index is -0.948. The van der Waals surface area contributed by atoms with Crippen LogP contribution in [-0.2, 0) is 11.2 Å². The molecule has 5 heteroatoms. The van der Waals surface area contributed by atoms with Crippen LogP contribution in [0.2, 0.25) is 0 Å². The molecule has 0 bridgehead atoms. The van der Waals surface area contributed by atoms with E-state index in [1.165, 1.54) is 6.20 Å². The monoisotopic (exact) mass is 170 g/mol. The number of carbonyl (C=O) groups is 1. The van der Waals surface area contributed by atoms with E-state index in [2.05, 4.69) is 4.98 Å². The molecule has 3 N–H and O–H groups in total. The summed E-state index contributed by atoms with van der Waals surface area (Å²) in [7, 11) is 0. The Morgan fingerprint density at radius 1 is 1.67 bits per heavy atom. The molecule has 0 aliphatic rings. The van der Waals surface area contributed by atoms with Crippen molar-refractivity contribution in [3.63, 3.8) is 0 Å². The van der Waals surface area contributed by atoms with Crippen molar-refractivity contribution in [1.82, 2.24) is 4.98 Å². The molecule has 0 aromatic carbocycles. The highest BCUT2D eigenvalue weighted by Crippen LogP contribution is 1.97. The summed E-state index contributed by atoms with van der Waals surface area (Å²) in [4.78, 5) is 23.5. The largest absolute Gasteiger partial charge is 0.369 e. The topological polar surface area (TPSA) is 76.0 Å². The lowest BCUT2D eigenvalue weighted by Crippen LogP contribution is -2.19. The van der Waals surface area contributed by atoms with E-state index >= 15 is 0 Å². The molecule has 0 fully saturated rings. The second kappa shape index (κ2) is 3.17. The minimum absolute atomic E-state index is 0.0741. The molecule has 0 aliphatic carbocycles. The molecule has 0 saturated carbocycles. The smallest absolute Gasteiger partial charge is 0.223 e. The molecule has 0 unspecified atom stereocenters. The maximum absolute atomic E-state index is 12.8. The first kappa shape index (κ1) is 8.45. The van der Waals surface area contributed by atoms with Crippen LogP contribution in [-0.4, -0.2) is 10.9 Å². The fraction of sp³-hybridized carbons (Fsp3) is 0.143. The van der Waals surface area contributed by atoms with Gasteiger partial charge in [-0.2, -0.15) is 0 Å². The number of halogens is 1. The number of primary amides is 1. The minimum Gasteiger partial charge on any atom is -0.369 e. The van der Waals surface area contributed by atoms with Gasteiger partial charge < -0.3 is 10.7 Å². The number of aromatic amines is 1. The van der Waals surface area contributed by atoms with Gasteiger partial charge in [0.05, 0.1) is 12.1 Å². The van der Waals surface area contributed by atoms with Crippen LogP contribution in [0.3, 0.4) is 0 Å². The fourth-order valence-corrected chi connectivity index (χ4v) is 0.806.